The number of fused-ring (bicyclic) bond motifs is 1. The Hall–Kier alpha value is -2.68. The monoisotopic (exact) mass is 373 g/mol. The van der Waals surface area contributed by atoms with E-state index in [1.54, 1.807) is 31.5 Å². The first-order valence-electron chi connectivity index (χ1n) is 8.53. The number of carbonyl (C=O) groups excluding carboxylic acids is 1. The fourth-order valence-electron chi connectivity index (χ4n) is 2.83. The van der Waals surface area contributed by atoms with Crippen molar-refractivity contribution in [3.8, 4) is 11.1 Å². The van der Waals surface area contributed by atoms with Crippen LogP contribution in [0, 0.1) is 5.92 Å². The van der Waals surface area contributed by atoms with Crippen molar-refractivity contribution in [2.24, 2.45) is 5.92 Å². The Balaban J connectivity index is 1.67. The molecule has 0 spiro atoms. The van der Waals surface area contributed by atoms with E-state index in [0.717, 1.165) is 24.0 Å². The van der Waals surface area contributed by atoms with Gasteiger partial charge in [0.25, 0.3) is 0 Å². The molecule has 0 saturated heterocycles. The van der Waals surface area contributed by atoms with Gasteiger partial charge in [-0.2, -0.15) is 8.42 Å². The predicted molar refractivity (Wildman–Crippen MR) is 99.0 cm³/mol. The summed E-state index contributed by atoms with van der Waals surface area (Å²) in [6.45, 7) is 2.24. The van der Waals surface area contributed by atoms with Crippen molar-refractivity contribution in [1.29, 1.82) is 0 Å². The summed E-state index contributed by atoms with van der Waals surface area (Å²) in [7, 11) is -3.58. The molecule has 0 bridgehead atoms. The van der Waals surface area contributed by atoms with Gasteiger partial charge < -0.3 is 5.32 Å². The van der Waals surface area contributed by atoms with Gasteiger partial charge in [-0.3, -0.25) is 4.79 Å². The molecule has 1 aliphatic heterocycles. The molecule has 4 rings (SSSR count). The zero-order chi connectivity index (χ0) is 18.3. The maximum atomic E-state index is 12.4. The van der Waals surface area contributed by atoms with Crippen molar-refractivity contribution in [2.75, 3.05) is 20.9 Å². The second-order valence-corrected chi connectivity index (χ2v) is 8.10. The first-order chi connectivity index (χ1) is 12.5. The number of nitrogens with zero attached hydrogens (tertiary/aromatic N) is 3. The summed E-state index contributed by atoms with van der Waals surface area (Å²) in [6, 6.07) is 5.36. The Morgan fingerprint density at radius 2 is 2.12 bits per heavy atom. The molecule has 2 N–H and O–H groups in total. The van der Waals surface area contributed by atoms with Crippen LogP contribution in [0.5, 0.6) is 0 Å². The number of amides is 1. The molecule has 3 heterocycles. The second-order valence-electron chi connectivity index (χ2n) is 6.50. The van der Waals surface area contributed by atoms with E-state index < -0.39 is 10.2 Å². The normalized spacial score (nSPS) is 17.5. The average Bonchev–Trinajstić information content (AvgIpc) is 3.40. The van der Waals surface area contributed by atoms with Crippen molar-refractivity contribution >= 4 is 33.4 Å². The van der Waals surface area contributed by atoms with Crippen molar-refractivity contribution in [3.05, 3.63) is 30.6 Å². The zero-order valence-corrected chi connectivity index (χ0v) is 15.1. The standard InChI is InChI=1S/C17H19N5O3S/c1-2-16(23)20-15-8-12(5-6-18-15)13-7-14-17(19-9-13)21-26(24,25)22(14)10-11-3-4-11/h5-9,11H,2-4,10H2,1H3,(H,19,21)(H,18,20,23). The molecule has 136 valence electrons. The molecule has 1 amide bonds. The number of pyridine rings is 2. The lowest BCUT2D eigenvalue weighted by molar-refractivity contribution is -0.115. The highest BCUT2D eigenvalue weighted by Crippen LogP contribution is 2.40. The second kappa shape index (κ2) is 6.24. The first kappa shape index (κ1) is 16.8. The molecular weight excluding hydrogens is 354 g/mol. The van der Waals surface area contributed by atoms with E-state index in [0.29, 0.717) is 36.2 Å². The van der Waals surface area contributed by atoms with Crippen LogP contribution in [-0.4, -0.2) is 30.8 Å². The molecule has 2 aromatic rings. The Morgan fingerprint density at radius 3 is 2.85 bits per heavy atom. The summed E-state index contributed by atoms with van der Waals surface area (Å²) in [5, 5.41) is 2.72. The van der Waals surface area contributed by atoms with E-state index in [2.05, 4.69) is 20.0 Å². The van der Waals surface area contributed by atoms with Crippen molar-refractivity contribution in [3.63, 3.8) is 0 Å². The Morgan fingerprint density at radius 1 is 1.31 bits per heavy atom. The molecule has 1 saturated carbocycles. The molecule has 0 aromatic carbocycles. The quantitative estimate of drug-likeness (QED) is 0.837. The van der Waals surface area contributed by atoms with Crippen LogP contribution in [-0.2, 0) is 15.0 Å². The molecule has 0 unspecified atom stereocenters. The smallest absolute Gasteiger partial charge is 0.311 e. The van der Waals surface area contributed by atoms with Gasteiger partial charge in [-0.05, 0) is 42.5 Å². The molecule has 1 aliphatic carbocycles. The fraction of sp³-hybridized carbons (Fsp3) is 0.353. The van der Waals surface area contributed by atoms with Crippen LogP contribution in [0.2, 0.25) is 0 Å². The highest BCUT2D eigenvalue weighted by Gasteiger charge is 2.37. The highest BCUT2D eigenvalue weighted by molar-refractivity contribution is 7.94. The summed E-state index contributed by atoms with van der Waals surface area (Å²) in [5.74, 6) is 1.10. The van der Waals surface area contributed by atoms with Crippen LogP contribution < -0.4 is 14.3 Å². The summed E-state index contributed by atoms with van der Waals surface area (Å²) < 4.78 is 28.6. The number of hydrogen-bond donors (Lipinski definition) is 2. The van der Waals surface area contributed by atoms with Crippen LogP contribution in [0.25, 0.3) is 11.1 Å². The van der Waals surface area contributed by atoms with E-state index in [1.807, 2.05) is 6.07 Å². The Labute approximate surface area is 151 Å². The van der Waals surface area contributed by atoms with Crippen LogP contribution in [0.4, 0.5) is 17.3 Å². The Kier molecular flexibility index (Phi) is 4.03. The van der Waals surface area contributed by atoms with Gasteiger partial charge in [-0.25, -0.2) is 19.0 Å². The number of hydrogen-bond acceptors (Lipinski definition) is 5. The third-order valence-corrected chi connectivity index (χ3v) is 5.83. The Bertz CT molecular complexity index is 972. The van der Waals surface area contributed by atoms with Crippen molar-refractivity contribution in [2.45, 2.75) is 26.2 Å². The minimum absolute atomic E-state index is 0.118. The lowest BCUT2D eigenvalue weighted by atomic mass is 10.1. The number of nitrogens with one attached hydrogen (secondary N) is 2. The largest absolute Gasteiger partial charge is 0.325 e. The lowest BCUT2D eigenvalue weighted by Gasteiger charge is -2.16. The van der Waals surface area contributed by atoms with Gasteiger partial charge in [0.15, 0.2) is 5.82 Å². The van der Waals surface area contributed by atoms with E-state index in [1.165, 1.54) is 4.31 Å². The van der Waals surface area contributed by atoms with Crippen molar-refractivity contribution < 1.29 is 13.2 Å². The van der Waals surface area contributed by atoms with Gasteiger partial charge in [0.1, 0.15) is 5.82 Å². The number of aromatic nitrogens is 2. The summed E-state index contributed by atoms with van der Waals surface area (Å²) >= 11 is 0. The fourth-order valence-corrected chi connectivity index (χ4v) is 4.14. The van der Waals surface area contributed by atoms with E-state index >= 15 is 0 Å². The van der Waals surface area contributed by atoms with Gasteiger partial charge >= 0.3 is 10.2 Å². The molecular formula is C17H19N5O3S. The first-order valence-corrected chi connectivity index (χ1v) is 9.97. The third kappa shape index (κ3) is 3.22. The van der Waals surface area contributed by atoms with Gasteiger partial charge in [0.05, 0.1) is 5.69 Å². The maximum absolute atomic E-state index is 12.4. The van der Waals surface area contributed by atoms with E-state index in [-0.39, 0.29) is 5.91 Å². The van der Waals surface area contributed by atoms with Crippen molar-refractivity contribution in [1.82, 2.24) is 9.97 Å². The highest BCUT2D eigenvalue weighted by atomic mass is 32.2. The summed E-state index contributed by atoms with van der Waals surface area (Å²) in [4.78, 5) is 20.0. The number of carbonyl (C=O) groups is 1. The van der Waals surface area contributed by atoms with Gasteiger partial charge in [-0.1, -0.05) is 6.92 Å². The third-order valence-electron chi connectivity index (χ3n) is 4.45. The molecule has 8 nitrogen and oxygen atoms in total. The van der Waals surface area contributed by atoms with E-state index in [4.69, 9.17) is 0 Å². The van der Waals surface area contributed by atoms with Gasteiger partial charge in [0, 0.05) is 30.9 Å². The maximum Gasteiger partial charge on any atom is 0.325 e. The molecule has 26 heavy (non-hydrogen) atoms. The van der Waals surface area contributed by atoms with Crippen LogP contribution >= 0.6 is 0 Å². The van der Waals surface area contributed by atoms with E-state index in [9.17, 15) is 13.2 Å². The topological polar surface area (TPSA) is 104 Å². The molecule has 0 radical (unpaired) electrons. The molecule has 1 fully saturated rings. The number of rotatable bonds is 5. The van der Waals surface area contributed by atoms with Crippen LogP contribution in [0.3, 0.4) is 0 Å². The molecule has 2 aliphatic rings. The average molecular weight is 373 g/mol. The molecule has 9 heteroatoms. The van der Waals surface area contributed by atoms with Gasteiger partial charge in [0.2, 0.25) is 5.91 Å². The minimum Gasteiger partial charge on any atom is -0.311 e. The summed E-state index contributed by atoms with van der Waals surface area (Å²) in [6.07, 6.45) is 5.69. The molecule has 0 atom stereocenters. The minimum atomic E-state index is -3.58. The number of anilines is 3. The van der Waals surface area contributed by atoms with Gasteiger partial charge in [-0.15, -0.1) is 0 Å². The van der Waals surface area contributed by atoms with Crippen LogP contribution in [0.1, 0.15) is 26.2 Å². The predicted octanol–water partition coefficient (Wildman–Crippen LogP) is 2.38. The zero-order valence-electron chi connectivity index (χ0n) is 14.3. The molecule has 2 aromatic heterocycles. The lowest BCUT2D eigenvalue weighted by Crippen LogP contribution is -2.31. The summed E-state index contributed by atoms with van der Waals surface area (Å²) in [5.41, 5.74) is 2.13. The van der Waals surface area contributed by atoms with Crippen LogP contribution in [0.15, 0.2) is 30.6 Å². The SMILES string of the molecule is CCC(=O)Nc1cc(-c2cnc3c(c2)N(CC2CC2)S(=O)(=O)N3)ccn1.